The fourth-order valence-corrected chi connectivity index (χ4v) is 2.73. The van der Waals surface area contributed by atoms with E-state index in [9.17, 15) is 13.6 Å². The molecule has 0 atom stereocenters. The molecule has 0 saturated carbocycles. The molecule has 7 heteroatoms. The van der Waals surface area contributed by atoms with Crippen molar-refractivity contribution in [2.24, 2.45) is 0 Å². The van der Waals surface area contributed by atoms with E-state index in [1.54, 1.807) is 0 Å². The van der Waals surface area contributed by atoms with Crippen LogP contribution in [0.15, 0.2) is 52.1 Å². The number of benzene rings is 2. The van der Waals surface area contributed by atoms with Gasteiger partial charge in [-0.25, -0.2) is 8.78 Å². The number of aryl methyl sites for hydroxylation is 1. The molecular formula is C17H12F2N2O2S. The Kier molecular flexibility index (Phi) is 4.71. The molecule has 0 bridgehead atoms. The minimum atomic E-state index is -0.757. The lowest BCUT2D eigenvalue weighted by molar-refractivity contribution is 0.101. The van der Waals surface area contributed by atoms with Crippen LogP contribution in [-0.4, -0.2) is 21.7 Å². The van der Waals surface area contributed by atoms with Gasteiger partial charge >= 0.3 is 0 Å². The summed E-state index contributed by atoms with van der Waals surface area (Å²) >= 11 is 0.979. The molecule has 0 radical (unpaired) electrons. The van der Waals surface area contributed by atoms with Gasteiger partial charge in [0.1, 0.15) is 11.6 Å². The van der Waals surface area contributed by atoms with E-state index in [4.69, 9.17) is 4.42 Å². The molecule has 0 saturated heterocycles. The third kappa shape index (κ3) is 3.68. The van der Waals surface area contributed by atoms with Crippen LogP contribution in [0.4, 0.5) is 8.78 Å². The van der Waals surface area contributed by atoms with Gasteiger partial charge in [-0.05, 0) is 37.3 Å². The predicted molar refractivity (Wildman–Crippen MR) is 85.9 cm³/mol. The number of hydrogen-bond donors (Lipinski definition) is 0. The van der Waals surface area contributed by atoms with Crippen LogP contribution >= 0.6 is 11.8 Å². The van der Waals surface area contributed by atoms with Crippen LogP contribution in [0.1, 0.15) is 15.9 Å². The molecule has 4 nitrogen and oxygen atoms in total. The standard InChI is InChI=1S/C17H12F2N2O2S/c1-10-3-2-4-11(7-10)16-20-21-17(23-16)24-9-15(22)13-8-12(18)5-6-14(13)19/h2-8H,9H2,1H3. The number of thioether (sulfide) groups is 1. The van der Waals surface area contributed by atoms with E-state index in [-0.39, 0.29) is 16.5 Å². The van der Waals surface area contributed by atoms with Crippen LogP contribution in [0.2, 0.25) is 0 Å². The van der Waals surface area contributed by atoms with Crippen molar-refractivity contribution in [3.8, 4) is 11.5 Å². The van der Waals surface area contributed by atoms with Crippen molar-refractivity contribution in [3.63, 3.8) is 0 Å². The molecule has 122 valence electrons. The number of nitrogens with zero attached hydrogens (tertiary/aromatic N) is 2. The third-order valence-electron chi connectivity index (χ3n) is 3.23. The summed E-state index contributed by atoms with van der Waals surface area (Å²) in [6.45, 7) is 1.95. The predicted octanol–water partition coefficient (Wildman–Crippen LogP) is 4.30. The SMILES string of the molecule is Cc1cccc(-c2nnc(SCC(=O)c3cc(F)ccc3F)o2)c1. The number of carbonyl (C=O) groups excluding carboxylic acids is 1. The van der Waals surface area contributed by atoms with Crippen molar-refractivity contribution in [2.45, 2.75) is 12.1 Å². The quantitative estimate of drug-likeness (QED) is 0.509. The van der Waals surface area contributed by atoms with Crippen LogP contribution in [0.3, 0.4) is 0 Å². The second-order valence-corrected chi connectivity index (χ2v) is 6.01. The van der Waals surface area contributed by atoms with Crippen LogP contribution in [0.5, 0.6) is 0 Å². The molecule has 2 aromatic carbocycles. The van der Waals surface area contributed by atoms with Crippen LogP contribution in [-0.2, 0) is 0 Å². The monoisotopic (exact) mass is 346 g/mol. The molecule has 24 heavy (non-hydrogen) atoms. The van der Waals surface area contributed by atoms with Gasteiger partial charge in [-0.3, -0.25) is 4.79 Å². The molecule has 0 amide bonds. The summed E-state index contributed by atoms with van der Waals surface area (Å²) in [6.07, 6.45) is 0. The van der Waals surface area contributed by atoms with Gasteiger partial charge in [0.05, 0.1) is 11.3 Å². The summed E-state index contributed by atoms with van der Waals surface area (Å²) in [5, 5.41) is 7.97. The number of hydrogen-bond acceptors (Lipinski definition) is 5. The molecule has 3 aromatic rings. The summed E-state index contributed by atoms with van der Waals surface area (Å²) in [7, 11) is 0. The molecule has 0 aliphatic heterocycles. The number of Topliss-reactive ketones (excluding diaryl/α,β-unsaturated/α-hetero) is 1. The van der Waals surface area contributed by atoms with E-state index in [0.29, 0.717) is 5.89 Å². The average molecular weight is 346 g/mol. The van der Waals surface area contributed by atoms with Crippen LogP contribution in [0.25, 0.3) is 11.5 Å². The van der Waals surface area contributed by atoms with Gasteiger partial charge in [0.15, 0.2) is 5.78 Å². The maximum Gasteiger partial charge on any atom is 0.277 e. The first-order chi connectivity index (χ1) is 11.5. The molecule has 3 rings (SSSR count). The Labute approximate surface area is 140 Å². The maximum atomic E-state index is 13.6. The van der Waals surface area contributed by atoms with Crippen LogP contribution in [0, 0.1) is 18.6 Å². The summed E-state index contributed by atoms with van der Waals surface area (Å²) < 4.78 is 32.2. The van der Waals surface area contributed by atoms with Crippen molar-refractivity contribution in [1.82, 2.24) is 10.2 Å². The highest BCUT2D eigenvalue weighted by Gasteiger charge is 2.16. The zero-order chi connectivity index (χ0) is 17.1. The topological polar surface area (TPSA) is 56.0 Å². The first-order valence-corrected chi connectivity index (χ1v) is 8.03. The zero-order valence-electron chi connectivity index (χ0n) is 12.6. The van der Waals surface area contributed by atoms with Gasteiger partial charge in [-0.15, -0.1) is 10.2 Å². The Balaban J connectivity index is 1.69. The highest BCUT2D eigenvalue weighted by molar-refractivity contribution is 7.99. The van der Waals surface area contributed by atoms with Crippen molar-refractivity contribution >= 4 is 17.5 Å². The molecular weight excluding hydrogens is 334 g/mol. The van der Waals surface area contributed by atoms with E-state index in [0.717, 1.165) is 41.1 Å². The summed E-state index contributed by atoms with van der Waals surface area (Å²) in [4.78, 5) is 12.0. The number of ketones is 1. The van der Waals surface area contributed by atoms with E-state index >= 15 is 0 Å². The molecule has 0 aliphatic carbocycles. The van der Waals surface area contributed by atoms with Gasteiger partial charge < -0.3 is 4.42 Å². The molecule has 1 heterocycles. The van der Waals surface area contributed by atoms with Crippen molar-refractivity contribution in [1.29, 1.82) is 0 Å². The number of carbonyl (C=O) groups is 1. The molecule has 0 aliphatic rings. The Morgan fingerprint density at radius 3 is 2.79 bits per heavy atom. The van der Waals surface area contributed by atoms with Crippen molar-refractivity contribution in [2.75, 3.05) is 5.75 Å². The van der Waals surface area contributed by atoms with Crippen LogP contribution < -0.4 is 0 Å². The van der Waals surface area contributed by atoms with Gasteiger partial charge in [-0.1, -0.05) is 29.5 Å². The number of rotatable bonds is 5. The van der Waals surface area contributed by atoms with Crippen molar-refractivity contribution < 1.29 is 18.0 Å². The second kappa shape index (κ2) is 6.92. The molecule has 0 spiro atoms. The zero-order valence-corrected chi connectivity index (χ0v) is 13.4. The van der Waals surface area contributed by atoms with E-state index < -0.39 is 17.4 Å². The molecule has 0 N–H and O–H groups in total. The Morgan fingerprint density at radius 1 is 1.17 bits per heavy atom. The lowest BCUT2D eigenvalue weighted by Crippen LogP contribution is -2.06. The second-order valence-electron chi connectivity index (χ2n) is 5.08. The maximum absolute atomic E-state index is 13.6. The van der Waals surface area contributed by atoms with Gasteiger partial charge in [0.25, 0.3) is 5.22 Å². The van der Waals surface area contributed by atoms with Gasteiger partial charge in [0.2, 0.25) is 5.89 Å². The lowest BCUT2D eigenvalue weighted by atomic mass is 10.1. The van der Waals surface area contributed by atoms with E-state index in [1.165, 1.54) is 0 Å². The summed E-state index contributed by atoms with van der Waals surface area (Å²) in [5.41, 5.74) is 1.54. The highest BCUT2D eigenvalue weighted by Crippen LogP contribution is 2.24. The minimum Gasteiger partial charge on any atom is -0.411 e. The largest absolute Gasteiger partial charge is 0.411 e. The van der Waals surface area contributed by atoms with Gasteiger partial charge in [-0.2, -0.15) is 0 Å². The molecule has 1 aromatic heterocycles. The lowest BCUT2D eigenvalue weighted by Gasteiger charge is -2.01. The Hall–Kier alpha value is -2.54. The fraction of sp³-hybridized carbons (Fsp3) is 0.118. The number of halogens is 2. The Morgan fingerprint density at radius 2 is 2.00 bits per heavy atom. The average Bonchev–Trinajstić information content (AvgIpc) is 3.04. The van der Waals surface area contributed by atoms with E-state index in [2.05, 4.69) is 10.2 Å². The minimum absolute atomic E-state index is 0.129. The highest BCUT2D eigenvalue weighted by atomic mass is 32.2. The third-order valence-corrected chi connectivity index (χ3v) is 4.05. The number of aromatic nitrogens is 2. The smallest absolute Gasteiger partial charge is 0.277 e. The van der Waals surface area contributed by atoms with E-state index in [1.807, 2.05) is 31.2 Å². The summed E-state index contributed by atoms with van der Waals surface area (Å²) in [6, 6.07) is 10.3. The molecule has 0 unspecified atom stereocenters. The molecule has 0 fully saturated rings. The summed E-state index contributed by atoms with van der Waals surface area (Å²) in [5.74, 6) is -1.76. The normalized spacial score (nSPS) is 10.8. The first kappa shape index (κ1) is 16.3. The van der Waals surface area contributed by atoms with Crippen molar-refractivity contribution in [3.05, 3.63) is 65.2 Å². The Bertz CT molecular complexity index is 896. The van der Waals surface area contributed by atoms with Gasteiger partial charge in [0, 0.05) is 5.56 Å². The fourth-order valence-electron chi connectivity index (χ4n) is 2.08. The first-order valence-electron chi connectivity index (χ1n) is 7.04.